The lowest BCUT2D eigenvalue weighted by atomic mass is 9.97. The van der Waals surface area contributed by atoms with Gasteiger partial charge in [-0.2, -0.15) is 5.10 Å². The molecule has 6 nitrogen and oxygen atoms in total. The number of hydrogen-bond acceptors (Lipinski definition) is 5. The number of aromatic amines is 1. The summed E-state index contributed by atoms with van der Waals surface area (Å²) in [5, 5.41) is 20.7. The highest BCUT2D eigenvalue weighted by Gasteiger charge is 2.25. The number of fused-ring (bicyclic) bond motifs is 1. The monoisotopic (exact) mass is 354 g/mol. The summed E-state index contributed by atoms with van der Waals surface area (Å²) >= 11 is 0. The highest BCUT2D eigenvalue weighted by molar-refractivity contribution is 5.83. The maximum atomic E-state index is 10.1. The highest BCUT2D eigenvalue weighted by Crippen LogP contribution is 2.35. The molecular weight excluding hydrogens is 328 g/mol. The van der Waals surface area contributed by atoms with E-state index in [1.165, 1.54) is 11.3 Å². The standard InChI is InChI=1S/C20H26N4O2/c1-20(2,25)6-8-24-7-5-18(23-16-12-26-13-16)17-9-14(3-4-19(17)24)15-10-21-22-11-15/h3-5,9-11,16,23,25H,6-8,12-13H2,1-2H3,(H,21,22). The molecule has 138 valence electrons. The van der Waals surface area contributed by atoms with Crippen molar-refractivity contribution in [2.75, 3.05) is 31.2 Å². The highest BCUT2D eigenvalue weighted by atomic mass is 16.5. The SMILES string of the molecule is CC(C)(O)CCN1CC=C(NC2COC2)c2cc(-c3cn[nH]c3)ccc21. The average molecular weight is 354 g/mol. The van der Waals surface area contributed by atoms with Crippen LogP contribution in [0.15, 0.2) is 36.7 Å². The van der Waals surface area contributed by atoms with Gasteiger partial charge in [-0.05, 0) is 44.0 Å². The molecule has 2 aromatic rings. The van der Waals surface area contributed by atoms with Gasteiger partial charge in [0.1, 0.15) is 0 Å². The van der Waals surface area contributed by atoms with Crippen LogP contribution in [0, 0.1) is 0 Å². The minimum atomic E-state index is -0.664. The summed E-state index contributed by atoms with van der Waals surface area (Å²) in [4.78, 5) is 2.33. The third kappa shape index (κ3) is 3.61. The average Bonchev–Trinajstić information content (AvgIpc) is 3.10. The Morgan fingerprint density at radius 2 is 2.19 bits per heavy atom. The van der Waals surface area contributed by atoms with Crippen LogP contribution in [-0.4, -0.2) is 53.3 Å². The summed E-state index contributed by atoms with van der Waals surface area (Å²) in [5.74, 6) is 0. The maximum Gasteiger partial charge on any atom is 0.0728 e. The number of hydrogen-bond donors (Lipinski definition) is 3. The summed E-state index contributed by atoms with van der Waals surface area (Å²) in [7, 11) is 0. The molecule has 1 aromatic carbocycles. The van der Waals surface area contributed by atoms with Gasteiger partial charge in [0.15, 0.2) is 0 Å². The molecule has 6 heteroatoms. The van der Waals surface area contributed by atoms with Gasteiger partial charge in [-0.1, -0.05) is 6.07 Å². The predicted octanol–water partition coefficient (Wildman–Crippen LogP) is 2.39. The number of rotatable bonds is 6. The molecule has 3 heterocycles. The van der Waals surface area contributed by atoms with Crippen LogP contribution < -0.4 is 10.2 Å². The van der Waals surface area contributed by atoms with Crippen molar-refractivity contribution in [1.82, 2.24) is 15.5 Å². The molecule has 0 atom stereocenters. The first-order valence-corrected chi connectivity index (χ1v) is 9.15. The van der Waals surface area contributed by atoms with E-state index >= 15 is 0 Å². The molecule has 4 rings (SSSR count). The molecule has 0 unspecified atom stereocenters. The lowest BCUT2D eigenvalue weighted by molar-refractivity contribution is 0.00203. The number of ether oxygens (including phenoxy) is 1. The van der Waals surface area contributed by atoms with Crippen LogP contribution in [-0.2, 0) is 4.74 Å². The molecule has 1 aromatic heterocycles. The van der Waals surface area contributed by atoms with Crippen LogP contribution in [0.4, 0.5) is 5.69 Å². The first-order chi connectivity index (χ1) is 12.5. The van der Waals surface area contributed by atoms with E-state index in [0.29, 0.717) is 6.04 Å². The zero-order valence-electron chi connectivity index (χ0n) is 15.3. The van der Waals surface area contributed by atoms with E-state index in [4.69, 9.17) is 4.74 Å². The predicted molar refractivity (Wildman–Crippen MR) is 103 cm³/mol. The fourth-order valence-electron chi connectivity index (χ4n) is 3.32. The van der Waals surface area contributed by atoms with Crippen molar-refractivity contribution in [2.24, 2.45) is 0 Å². The maximum absolute atomic E-state index is 10.1. The molecule has 0 radical (unpaired) electrons. The van der Waals surface area contributed by atoms with Gasteiger partial charge >= 0.3 is 0 Å². The Balaban J connectivity index is 1.64. The van der Waals surface area contributed by atoms with Gasteiger partial charge in [0.05, 0.1) is 31.1 Å². The van der Waals surface area contributed by atoms with E-state index in [0.717, 1.165) is 49.5 Å². The van der Waals surface area contributed by atoms with Gasteiger partial charge in [-0.15, -0.1) is 0 Å². The van der Waals surface area contributed by atoms with E-state index in [1.807, 2.05) is 26.2 Å². The molecule has 2 aliphatic rings. The van der Waals surface area contributed by atoms with Crippen molar-refractivity contribution in [2.45, 2.75) is 31.9 Å². The quantitative estimate of drug-likeness (QED) is 0.743. The Morgan fingerprint density at radius 1 is 1.35 bits per heavy atom. The van der Waals surface area contributed by atoms with E-state index < -0.39 is 5.60 Å². The van der Waals surface area contributed by atoms with E-state index in [-0.39, 0.29) is 0 Å². The number of benzene rings is 1. The lowest BCUT2D eigenvalue weighted by Crippen LogP contribution is -2.46. The van der Waals surface area contributed by atoms with Crippen LogP contribution in [0.3, 0.4) is 0 Å². The minimum Gasteiger partial charge on any atom is -0.390 e. The van der Waals surface area contributed by atoms with Crippen LogP contribution >= 0.6 is 0 Å². The van der Waals surface area contributed by atoms with Crippen molar-refractivity contribution < 1.29 is 9.84 Å². The van der Waals surface area contributed by atoms with Crippen LogP contribution in [0.1, 0.15) is 25.8 Å². The van der Waals surface area contributed by atoms with Crippen molar-refractivity contribution in [1.29, 1.82) is 0 Å². The van der Waals surface area contributed by atoms with Crippen molar-refractivity contribution in [3.63, 3.8) is 0 Å². The summed E-state index contributed by atoms with van der Waals surface area (Å²) in [5.41, 5.74) is 5.11. The smallest absolute Gasteiger partial charge is 0.0728 e. The molecule has 1 saturated heterocycles. The second-order valence-corrected chi connectivity index (χ2v) is 7.72. The van der Waals surface area contributed by atoms with E-state index in [9.17, 15) is 5.11 Å². The molecule has 0 amide bonds. The number of nitrogens with zero attached hydrogens (tertiary/aromatic N) is 2. The first kappa shape index (κ1) is 17.1. The number of anilines is 1. The Hall–Kier alpha value is -2.31. The van der Waals surface area contributed by atoms with Gasteiger partial charge in [0, 0.05) is 41.8 Å². The van der Waals surface area contributed by atoms with Gasteiger partial charge in [0.2, 0.25) is 0 Å². The zero-order valence-corrected chi connectivity index (χ0v) is 15.3. The van der Waals surface area contributed by atoms with Crippen LogP contribution in [0.5, 0.6) is 0 Å². The Labute approximate surface area is 153 Å². The second kappa shape index (κ2) is 6.78. The van der Waals surface area contributed by atoms with E-state index in [2.05, 4.69) is 44.7 Å². The summed E-state index contributed by atoms with van der Waals surface area (Å²) in [6.07, 6.45) is 6.72. The number of H-pyrrole nitrogens is 1. The van der Waals surface area contributed by atoms with Gasteiger partial charge in [0.25, 0.3) is 0 Å². The summed E-state index contributed by atoms with van der Waals surface area (Å²) < 4.78 is 5.30. The van der Waals surface area contributed by atoms with Gasteiger partial charge in [-0.3, -0.25) is 5.10 Å². The molecule has 0 aliphatic carbocycles. The molecule has 26 heavy (non-hydrogen) atoms. The molecule has 2 aliphatic heterocycles. The molecule has 3 N–H and O–H groups in total. The number of aromatic nitrogens is 2. The molecule has 1 fully saturated rings. The topological polar surface area (TPSA) is 73.4 Å². The molecule has 0 bridgehead atoms. The Bertz CT molecular complexity index is 789. The Kier molecular flexibility index (Phi) is 4.46. The fourth-order valence-corrected chi connectivity index (χ4v) is 3.32. The van der Waals surface area contributed by atoms with Crippen molar-refractivity contribution >= 4 is 11.4 Å². The van der Waals surface area contributed by atoms with E-state index in [1.54, 1.807) is 0 Å². The number of aliphatic hydroxyl groups is 1. The largest absolute Gasteiger partial charge is 0.390 e. The van der Waals surface area contributed by atoms with Crippen molar-refractivity contribution in [3.05, 3.63) is 42.2 Å². The summed E-state index contributed by atoms with van der Waals surface area (Å²) in [6.45, 7) is 6.90. The molecule has 0 saturated carbocycles. The lowest BCUT2D eigenvalue weighted by Gasteiger charge is -2.36. The zero-order chi connectivity index (χ0) is 18.1. The molecule has 0 spiro atoms. The fraction of sp³-hybridized carbons (Fsp3) is 0.450. The van der Waals surface area contributed by atoms with Crippen molar-refractivity contribution in [3.8, 4) is 11.1 Å². The van der Waals surface area contributed by atoms with Gasteiger partial charge in [-0.25, -0.2) is 0 Å². The number of nitrogens with one attached hydrogen (secondary N) is 2. The normalized spacial score (nSPS) is 17.5. The third-order valence-electron chi connectivity index (χ3n) is 4.97. The molecular formula is C20H26N4O2. The second-order valence-electron chi connectivity index (χ2n) is 7.72. The first-order valence-electron chi connectivity index (χ1n) is 9.15. The van der Waals surface area contributed by atoms with Crippen LogP contribution in [0.2, 0.25) is 0 Å². The third-order valence-corrected chi connectivity index (χ3v) is 4.97. The minimum absolute atomic E-state index is 0.384. The van der Waals surface area contributed by atoms with Gasteiger partial charge < -0.3 is 20.1 Å². The van der Waals surface area contributed by atoms with Crippen LogP contribution in [0.25, 0.3) is 16.8 Å². The Morgan fingerprint density at radius 3 is 2.85 bits per heavy atom. The summed E-state index contributed by atoms with van der Waals surface area (Å²) in [6, 6.07) is 6.91.